The van der Waals surface area contributed by atoms with E-state index in [0.717, 1.165) is 24.8 Å². The molecule has 1 aromatic carbocycles. The zero-order valence-electron chi connectivity index (χ0n) is 11.3. The van der Waals surface area contributed by atoms with Crippen LogP contribution in [0.15, 0.2) is 18.2 Å². The lowest BCUT2D eigenvalue weighted by Gasteiger charge is -2.19. The number of amides is 1. The molecule has 0 aromatic heterocycles. The Hall–Kier alpha value is -1.95. The first-order valence-electron chi connectivity index (χ1n) is 6.86. The average Bonchev–Trinajstić information content (AvgIpc) is 3.00. The summed E-state index contributed by atoms with van der Waals surface area (Å²) in [6.45, 7) is 1.85. The fourth-order valence-electron chi connectivity index (χ4n) is 3.25. The molecule has 6 nitrogen and oxygen atoms in total. The second-order valence-electron chi connectivity index (χ2n) is 5.66. The van der Waals surface area contributed by atoms with Crippen LogP contribution < -0.4 is 10.6 Å². The van der Waals surface area contributed by atoms with E-state index >= 15 is 0 Å². The van der Waals surface area contributed by atoms with Crippen LogP contribution in [0.5, 0.6) is 0 Å². The molecule has 106 valence electrons. The quantitative estimate of drug-likeness (QED) is 0.652. The Morgan fingerprint density at radius 2 is 2.25 bits per heavy atom. The third-order valence-electron chi connectivity index (χ3n) is 4.24. The van der Waals surface area contributed by atoms with Crippen molar-refractivity contribution in [3.8, 4) is 0 Å². The van der Waals surface area contributed by atoms with Gasteiger partial charge in [0.05, 0.1) is 10.8 Å². The first kappa shape index (κ1) is 13.1. The summed E-state index contributed by atoms with van der Waals surface area (Å²) in [5.41, 5.74) is 1.12. The maximum atomic E-state index is 12.3. The number of nitrogens with one attached hydrogen (secondary N) is 2. The SMILES string of the molecule is Cc1ccc([N+](=O)[O-])c(NC(=O)C2CC3CCC2N3)c1. The van der Waals surface area contributed by atoms with Crippen LogP contribution in [0.4, 0.5) is 11.4 Å². The Labute approximate surface area is 116 Å². The fourth-order valence-corrected chi connectivity index (χ4v) is 3.25. The molecule has 2 saturated heterocycles. The van der Waals surface area contributed by atoms with Gasteiger partial charge in [0, 0.05) is 18.2 Å². The number of fused-ring (bicyclic) bond motifs is 2. The number of nitro groups is 1. The summed E-state index contributed by atoms with van der Waals surface area (Å²) in [6.07, 6.45) is 2.97. The predicted octanol–water partition coefficient (Wildman–Crippen LogP) is 1.98. The highest BCUT2D eigenvalue weighted by molar-refractivity contribution is 5.95. The van der Waals surface area contributed by atoms with Crippen molar-refractivity contribution >= 4 is 17.3 Å². The van der Waals surface area contributed by atoms with Crippen molar-refractivity contribution in [1.82, 2.24) is 5.32 Å². The molecule has 3 atom stereocenters. The molecular weight excluding hydrogens is 258 g/mol. The molecule has 3 rings (SSSR count). The van der Waals surface area contributed by atoms with Gasteiger partial charge in [-0.25, -0.2) is 0 Å². The molecule has 0 aliphatic carbocycles. The molecule has 2 N–H and O–H groups in total. The Kier molecular flexibility index (Phi) is 3.17. The summed E-state index contributed by atoms with van der Waals surface area (Å²) in [5, 5.41) is 17.1. The molecule has 2 fully saturated rings. The normalized spacial score (nSPS) is 27.6. The first-order valence-corrected chi connectivity index (χ1v) is 6.86. The lowest BCUT2D eigenvalue weighted by atomic mass is 9.88. The molecule has 2 aliphatic rings. The van der Waals surface area contributed by atoms with Gasteiger partial charge in [0.15, 0.2) is 0 Å². The van der Waals surface area contributed by atoms with Gasteiger partial charge in [0.1, 0.15) is 5.69 Å². The van der Waals surface area contributed by atoms with E-state index < -0.39 is 4.92 Å². The van der Waals surface area contributed by atoms with Gasteiger partial charge >= 0.3 is 0 Å². The molecule has 0 spiro atoms. The van der Waals surface area contributed by atoms with Gasteiger partial charge in [-0.1, -0.05) is 6.07 Å². The molecule has 2 heterocycles. The smallest absolute Gasteiger partial charge is 0.292 e. The molecule has 3 unspecified atom stereocenters. The second kappa shape index (κ2) is 4.86. The van der Waals surface area contributed by atoms with Crippen LogP contribution in [0.25, 0.3) is 0 Å². The Bertz CT molecular complexity index is 573. The minimum absolute atomic E-state index is 0.0555. The molecule has 2 aliphatic heterocycles. The minimum Gasteiger partial charge on any atom is -0.320 e. The molecule has 0 saturated carbocycles. The van der Waals surface area contributed by atoms with E-state index in [1.807, 2.05) is 6.92 Å². The van der Waals surface area contributed by atoms with Crippen molar-refractivity contribution in [1.29, 1.82) is 0 Å². The number of hydrogen-bond donors (Lipinski definition) is 2. The number of anilines is 1. The van der Waals surface area contributed by atoms with Crippen LogP contribution in [-0.2, 0) is 4.79 Å². The zero-order valence-corrected chi connectivity index (χ0v) is 11.3. The van der Waals surface area contributed by atoms with Gasteiger partial charge in [-0.05, 0) is 37.8 Å². The van der Waals surface area contributed by atoms with E-state index in [4.69, 9.17) is 0 Å². The number of rotatable bonds is 3. The highest BCUT2D eigenvalue weighted by Crippen LogP contribution is 2.34. The highest BCUT2D eigenvalue weighted by Gasteiger charge is 2.43. The number of carbonyl (C=O) groups excluding carboxylic acids is 1. The fraction of sp³-hybridized carbons (Fsp3) is 0.500. The summed E-state index contributed by atoms with van der Waals surface area (Å²) in [6, 6.07) is 5.42. The van der Waals surface area contributed by atoms with Crippen LogP contribution in [0, 0.1) is 23.0 Å². The molecule has 0 radical (unpaired) electrons. The van der Waals surface area contributed by atoms with Gasteiger partial charge < -0.3 is 10.6 Å². The van der Waals surface area contributed by atoms with E-state index in [2.05, 4.69) is 10.6 Å². The zero-order chi connectivity index (χ0) is 14.3. The molecule has 6 heteroatoms. The number of nitrogens with zero attached hydrogens (tertiary/aromatic N) is 1. The highest BCUT2D eigenvalue weighted by atomic mass is 16.6. The van der Waals surface area contributed by atoms with E-state index in [9.17, 15) is 14.9 Å². The summed E-state index contributed by atoms with van der Waals surface area (Å²) in [4.78, 5) is 22.9. The molecule has 1 aromatic rings. The van der Waals surface area contributed by atoms with Gasteiger partial charge in [0.25, 0.3) is 5.69 Å². The predicted molar refractivity (Wildman–Crippen MR) is 74.5 cm³/mol. The van der Waals surface area contributed by atoms with Crippen LogP contribution in [0.3, 0.4) is 0 Å². The minimum atomic E-state index is -0.464. The summed E-state index contributed by atoms with van der Waals surface area (Å²) < 4.78 is 0. The van der Waals surface area contributed by atoms with Crippen molar-refractivity contribution in [3.63, 3.8) is 0 Å². The number of hydrogen-bond acceptors (Lipinski definition) is 4. The number of nitro benzene ring substituents is 1. The van der Waals surface area contributed by atoms with Gasteiger partial charge in [-0.2, -0.15) is 0 Å². The Morgan fingerprint density at radius 1 is 1.45 bits per heavy atom. The van der Waals surface area contributed by atoms with Crippen LogP contribution in [0.2, 0.25) is 0 Å². The second-order valence-corrected chi connectivity index (χ2v) is 5.66. The average molecular weight is 275 g/mol. The topological polar surface area (TPSA) is 84.3 Å². The van der Waals surface area contributed by atoms with Crippen LogP contribution >= 0.6 is 0 Å². The third kappa shape index (κ3) is 2.27. The maximum Gasteiger partial charge on any atom is 0.292 e. The Balaban J connectivity index is 1.79. The van der Waals surface area contributed by atoms with Crippen molar-refractivity contribution < 1.29 is 9.72 Å². The largest absolute Gasteiger partial charge is 0.320 e. The van der Waals surface area contributed by atoms with Crippen LogP contribution in [0.1, 0.15) is 24.8 Å². The van der Waals surface area contributed by atoms with E-state index in [0.29, 0.717) is 11.7 Å². The first-order chi connectivity index (χ1) is 9.54. The summed E-state index contributed by atoms with van der Waals surface area (Å²) in [7, 11) is 0. The summed E-state index contributed by atoms with van der Waals surface area (Å²) in [5.74, 6) is -0.188. The van der Waals surface area contributed by atoms with Crippen molar-refractivity contribution in [2.45, 2.75) is 38.3 Å². The van der Waals surface area contributed by atoms with Crippen LogP contribution in [-0.4, -0.2) is 22.9 Å². The van der Waals surface area contributed by atoms with Crippen molar-refractivity contribution in [2.75, 3.05) is 5.32 Å². The standard InChI is InChI=1S/C14H17N3O3/c1-8-2-5-13(17(19)20)12(6-8)16-14(18)10-7-9-3-4-11(10)15-9/h2,5-6,9-11,15H,3-4,7H2,1H3,(H,16,18). The number of aryl methyl sites for hydroxylation is 1. The van der Waals surface area contributed by atoms with E-state index in [-0.39, 0.29) is 23.6 Å². The number of carbonyl (C=O) groups is 1. The van der Waals surface area contributed by atoms with E-state index in [1.54, 1.807) is 12.1 Å². The lowest BCUT2D eigenvalue weighted by Crippen LogP contribution is -2.33. The molecule has 2 bridgehead atoms. The van der Waals surface area contributed by atoms with E-state index in [1.165, 1.54) is 6.07 Å². The third-order valence-corrected chi connectivity index (χ3v) is 4.24. The lowest BCUT2D eigenvalue weighted by molar-refractivity contribution is -0.383. The maximum absolute atomic E-state index is 12.3. The number of benzene rings is 1. The van der Waals surface area contributed by atoms with Crippen molar-refractivity contribution in [2.24, 2.45) is 5.92 Å². The molecule has 1 amide bonds. The molecular formula is C14H17N3O3. The Morgan fingerprint density at radius 3 is 2.85 bits per heavy atom. The molecule has 20 heavy (non-hydrogen) atoms. The van der Waals surface area contributed by atoms with Crippen molar-refractivity contribution in [3.05, 3.63) is 33.9 Å². The van der Waals surface area contributed by atoms with Gasteiger partial charge in [-0.15, -0.1) is 0 Å². The van der Waals surface area contributed by atoms with Gasteiger partial charge in [-0.3, -0.25) is 14.9 Å². The monoisotopic (exact) mass is 275 g/mol. The summed E-state index contributed by atoms with van der Waals surface area (Å²) >= 11 is 0. The van der Waals surface area contributed by atoms with Gasteiger partial charge in [0.2, 0.25) is 5.91 Å².